The van der Waals surface area contributed by atoms with E-state index in [1.165, 1.54) is 0 Å². The molecule has 1 saturated carbocycles. The third kappa shape index (κ3) is 4.62. The minimum absolute atomic E-state index is 0. The molecule has 2 rings (SSSR count). The van der Waals surface area contributed by atoms with Crippen molar-refractivity contribution < 1.29 is 73.9 Å². The van der Waals surface area contributed by atoms with E-state index in [0.29, 0.717) is 19.4 Å². The number of carbonyl (C=O) groups is 1. The zero-order valence-electron chi connectivity index (χ0n) is 13.3. The first kappa shape index (κ1) is 19.8. The molecular weight excluding hydrogens is 309 g/mol. The molecule has 21 heavy (non-hydrogen) atoms. The summed E-state index contributed by atoms with van der Waals surface area (Å²) in [6.07, 6.45) is 1.59. The summed E-state index contributed by atoms with van der Waals surface area (Å²) in [7, 11) is 0. The number of ether oxygens (including phenoxy) is 1. The second-order valence-corrected chi connectivity index (χ2v) is 7.09. The van der Waals surface area contributed by atoms with Crippen molar-refractivity contribution >= 4 is 13.1 Å². The molecule has 2 unspecified atom stereocenters. The molecule has 2 fully saturated rings. The summed E-state index contributed by atoms with van der Waals surface area (Å²) < 4.78 is 44.1. The van der Waals surface area contributed by atoms with Gasteiger partial charge in [0.25, 0.3) is 0 Å². The third-order valence-electron chi connectivity index (χ3n) is 4.37. The zero-order valence-corrected chi connectivity index (χ0v) is 16.4. The van der Waals surface area contributed by atoms with E-state index < -0.39 is 30.0 Å². The van der Waals surface area contributed by atoms with E-state index in [2.05, 4.69) is 0 Å². The minimum atomic E-state index is -4.81. The van der Waals surface area contributed by atoms with Crippen molar-refractivity contribution in [2.45, 2.75) is 69.8 Å². The van der Waals surface area contributed by atoms with Gasteiger partial charge in [0.05, 0.1) is 0 Å². The molecule has 0 aromatic heterocycles. The smallest absolute Gasteiger partial charge is 0.449 e. The maximum atomic E-state index is 12.9. The maximum Gasteiger partial charge on any atom is 1.00 e. The van der Waals surface area contributed by atoms with Crippen LogP contribution in [0.2, 0.25) is 5.82 Å². The average molecular weight is 331 g/mol. The van der Waals surface area contributed by atoms with Crippen LogP contribution in [0.25, 0.3) is 0 Å². The van der Waals surface area contributed by atoms with Crippen LogP contribution in [0, 0.1) is 0 Å². The van der Waals surface area contributed by atoms with Crippen LogP contribution < -0.4 is 51.4 Å². The fourth-order valence-corrected chi connectivity index (χ4v) is 3.48. The van der Waals surface area contributed by atoms with Gasteiger partial charge in [-0.3, -0.25) is 0 Å². The average Bonchev–Trinajstić information content (AvgIpc) is 2.83. The molecule has 1 aliphatic carbocycles. The van der Waals surface area contributed by atoms with Crippen molar-refractivity contribution in [2.75, 3.05) is 6.54 Å². The topological polar surface area (TPSA) is 29.5 Å². The molecule has 116 valence electrons. The van der Waals surface area contributed by atoms with Crippen LogP contribution in [0.5, 0.6) is 0 Å². The van der Waals surface area contributed by atoms with Crippen molar-refractivity contribution in [1.82, 2.24) is 4.90 Å². The number of halogens is 3. The summed E-state index contributed by atoms with van der Waals surface area (Å²) in [5, 5.41) is 0. The quantitative estimate of drug-likeness (QED) is 0.675. The van der Waals surface area contributed by atoms with Gasteiger partial charge in [0.2, 0.25) is 0 Å². The molecule has 2 atom stereocenters. The first-order valence-corrected chi connectivity index (χ1v) is 7.24. The van der Waals surface area contributed by atoms with Crippen molar-refractivity contribution in [3.63, 3.8) is 0 Å². The fourth-order valence-electron chi connectivity index (χ4n) is 3.48. The van der Waals surface area contributed by atoms with E-state index in [1.807, 2.05) is 0 Å². The minimum Gasteiger partial charge on any atom is -0.449 e. The summed E-state index contributed by atoms with van der Waals surface area (Å²) in [6.45, 7) is 0.998. The Bertz CT molecular complexity index is 400. The van der Waals surface area contributed by atoms with Crippen molar-refractivity contribution in [1.29, 1.82) is 0 Å². The van der Waals surface area contributed by atoms with Gasteiger partial charge >= 0.3 is 64.5 Å². The van der Waals surface area contributed by atoms with Gasteiger partial charge in [-0.25, -0.2) is 4.79 Å². The molecule has 0 bridgehead atoms. The van der Waals surface area contributed by atoms with E-state index >= 15 is 0 Å². The summed E-state index contributed by atoms with van der Waals surface area (Å²) in [6, 6.07) is 0. The Kier molecular flexibility index (Phi) is 6.33. The van der Waals surface area contributed by atoms with Crippen molar-refractivity contribution in [2.24, 2.45) is 0 Å². The van der Waals surface area contributed by atoms with Crippen LogP contribution in [0.3, 0.4) is 0 Å². The Morgan fingerprint density at radius 3 is 2.38 bits per heavy atom. The molecule has 0 N–H and O–H groups in total. The van der Waals surface area contributed by atoms with Gasteiger partial charge in [-0.15, -0.1) is 0 Å². The van der Waals surface area contributed by atoms with Crippen LogP contribution in [0.4, 0.5) is 17.7 Å². The van der Waals surface area contributed by atoms with E-state index in [0.717, 1.165) is 6.42 Å². The van der Waals surface area contributed by atoms with Crippen LogP contribution >= 0.6 is 0 Å². The number of hydrogen-bond donors (Lipinski definition) is 0. The molecule has 0 aromatic rings. The van der Waals surface area contributed by atoms with Crippen LogP contribution in [0.1, 0.15) is 52.9 Å². The van der Waals surface area contributed by atoms with Crippen molar-refractivity contribution in [3.8, 4) is 0 Å². The molecule has 1 heterocycles. The Balaban J connectivity index is 0.00000220. The Hall–Kier alpha value is 0.761. The van der Waals surface area contributed by atoms with Crippen LogP contribution in [-0.4, -0.2) is 35.7 Å². The number of rotatable bonds is 1. The van der Waals surface area contributed by atoms with Gasteiger partial charge in [-0.2, -0.15) is 0 Å². The first-order chi connectivity index (χ1) is 9.04. The number of hydrogen-bond acceptors (Lipinski definition) is 2. The van der Waals surface area contributed by atoms with E-state index in [-0.39, 0.29) is 64.2 Å². The predicted molar refractivity (Wildman–Crippen MR) is 71.6 cm³/mol. The predicted octanol–water partition coefficient (Wildman–Crippen LogP) is 1.16. The third-order valence-corrected chi connectivity index (χ3v) is 4.37. The van der Waals surface area contributed by atoms with Crippen molar-refractivity contribution in [3.05, 3.63) is 0 Å². The Labute approximate surface area is 166 Å². The van der Waals surface area contributed by atoms with E-state index in [9.17, 15) is 17.7 Å². The fraction of sp³-hybridized carbons (Fsp3) is 0.923. The standard InChI is InChI=1S/C13H22BF3NO2.K/c1-12(2,3)20-11(19)18-8-4-6-13(18)7-5-10(9-13)14(15,16)17;/h10H,4-9H2,1-3H3;/q-1;+1. The van der Waals surface area contributed by atoms with Gasteiger partial charge in [0.1, 0.15) is 5.60 Å². The molecule has 1 amide bonds. The number of likely N-dealkylation sites (tertiary alicyclic amines) is 1. The monoisotopic (exact) mass is 331 g/mol. The molecular formula is C13H22BF3KNO2. The van der Waals surface area contributed by atoms with Gasteiger partial charge in [-0.1, -0.05) is 18.7 Å². The second-order valence-electron chi connectivity index (χ2n) is 7.09. The number of amides is 1. The molecule has 0 radical (unpaired) electrons. The molecule has 1 aliphatic heterocycles. The summed E-state index contributed by atoms with van der Waals surface area (Å²) in [5.41, 5.74) is -1.24. The van der Waals surface area contributed by atoms with Crippen LogP contribution in [-0.2, 0) is 4.74 Å². The van der Waals surface area contributed by atoms with E-state index in [4.69, 9.17) is 4.74 Å². The van der Waals surface area contributed by atoms with Gasteiger partial charge in [0.15, 0.2) is 0 Å². The molecule has 1 spiro atoms. The first-order valence-electron chi connectivity index (χ1n) is 7.24. The molecule has 1 saturated heterocycles. The largest absolute Gasteiger partial charge is 1.00 e. The Morgan fingerprint density at radius 1 is 1.29 bits per heavy atom. The summed E-state index contributed by atoms with van der Waals surface area (Å²) >= 11 is 0. The SMILES string of the molecule is CC(C)(C)OC(=O)N1CCCC12CCC([B-](F)(F)F)C2.[K+]. The Morgan fingerprint density at radius 2 is 1.90 bits per heavy atom. The maximum absolute atomic E-state index is 12.9. The zero-order chi connectivity index (χ0) is 15.2. The number of carbonyl (C=O) groups excluding carboxylic acids is 1. The molecule has 3 nitrogen and oxygen atoms in total. The van der Waals surface area contributed by atoms with Gasteiger partial charge in [-0.05, 0) is 40.0 Å². The summed E-state index contributed by atoms with van der Waals surface area (Å²) in [5.74, 6) is -1.22. The molecule has 2 aliphatic rings. The van der Waals surface area contributed by atoms with E-state index in [1.54, 1.807) is 25.7 Å². The van der Waals surface area contributed by atoms with Crippen LogP contribution in [0.15, 0.2) is 0 Å². The molecule has 8 heteroatoms. The van der Waals surface area contributed by atoms with Gasteiger partial charge < -0.3 is 22.6 Å². The van der Waals surface area contributed by atoms with Gasteiger partial charge in [0, 0.05) is 12.1 Å². The number of nitrogens with zero attached hydrogens (tertiary/aromatic N) is 1. The molecule has 0 aromatic carbocycles. The summed E-state index contributed by atoms with van der Waals surface area (Å²) in [4.78, 5) is 13.8. The normalized spacial score (nSPS) is 29.6. The second kappa shape index (κ2) is 6.71.